The Morgan fingerprint density at radius 2 is 1.23 bits per heavy atom. The molecule has 0 saturated carbocycles. The Bertz CT molecular complexity index is 468. The number of nitrogens with zero attached hydrogens (tertiary/aromatic N) is 2. The van der Waals surface area contributed by atoms with Crippen LogP contribution in [0.2, 0.25) is 0 Å². The van der Waals surface area contributed by atoms with Gasteiger partial charge >= 0.3 is 0 Å². The first-order valence-corrected chi connectivity index (χ1v) is 13.2. The third-order valence-electron chi connectivity index (χ3n) is 6.20. The minimum absolute atomic E-state index is 0.941. The third-order valence-corrected chi connectivity index (χ3v) is 6.20. The summed E-state index contributed by atoms with van der Waals surface area (Å²) in [5.41, 5.74) is 2.47. The van der Waals surface area contributed by atoms with E-state index in [0.29, 0.717) is 0 Å². The van der Waals surface area contributed by atoms with Crippen LogP contribution < -0.4 is 5.32 Å². The van der Waals surface area contributed by atoms with Crippen molar-refractivity contribution in [2.45, 2.75) is 124 Å². The van der Waals surface area contributed by atoms with Crippen LogP contribution in [0, 0.1) is 0 Å². The number of rotatable bonds is 21. The maximum absolute atomic E-state index is 4.62. The maximum Gasteiger partial charge on any atom is 0.0544 e. The molecule has 0 unspecified atom stereocenters. The zero-order chi connectivity index (χ0) is 21.7. The highest BCUT2D eigenvalue weighted by Crippen LogP contribution is 2.13. The lowest BCUT2D eigenvalue weighted by Gasteiger charge is -2.17. The van der Waals surface area contributed by atoms with Gasteiger partial charge in [0, 0.05) is 19.3 Å². The first kappa shape index (κ1) is 27.1. The lowest BCUT2D eigenvalue weighted by Crippen LogP contribution is -2.22. The lowest BCUT2D eigenvalue weighted by molar-refractivity contribution is 0.292. The van der Waals surface area contributed by atoms with Crippen molar-refractivity contribution >= 4 is 0 Å². The summed E-state index contributed by atoms with van der Waals surface area (Å²) in [4.78, 5) is 7.02. The molecular weight excluding hydrogens is 366 g/mol. The van der Waals surface area contributed by atoms with E-state index in [1.165, 1.54) is 101 Å². The number of hydrogen-bond donors (Lipinski definition) is 1. The van der Waals surface area contributed by atoms with Crippen molar-refractivity contribution in [3.8, 4) is 0 Å². The molecule has 0 aliphatic carbocycles. The Labute approximate surface area is 188 Å². The third kappa shape index (κ3) is 15.0. The number of pyridine rings is 1. The summed E-state index contributed by atoms with van der Waals surface area (Å²) < 4.78 is 0. The van der Waals surface area contributed by atoms with Crippen molar-refractivity contribution in [3.63, 3.8) is 0 Å². The molecule has 0 saturated heterocycles. The van der Waals surface area contributed by atoms with Gasteiger partial charge in [0.1, 0.15) is 0 Å². The van der Waals surface area contributed by atoms with E-state index in [1.807, 2.05) is 6.20 Å². The van der Waals surface area contributed by atoms with Gasteiger partial charge in [-0.2, -0.15) is 0 Å². The molecule has 30 heavy (non-hydrogen) atoms. The minimum Gasteiger partial charge on any atom is -0.313 e. The van der Waals surface area contributed by atoms with Crippen LogP contribution in [0.3, 0.4) is 0 Å². The first-order valence-electron chi connectivity index (χ1n) is 13.2. The molecule has 0 aliphatic heterocycles. The maximum atomic E-state index is 4.62. The number of hydrogen-bond acceptors (Lipinski definition) is 3. The van der Waals surface area contributed by atoms with E-state index in [4.69, 9.17) is 0 Å². The minimum atomic E-state index is 0.941. The zero-order valence-corrected chi connectivity index (χ0v) is 20.6. The van der Waals surface area contributed by atoms with Gasteiger partial charge in [-0.25, -0.2) is 0 Å². The van der Waals surface area contributed by atoms with E-state index < -0.39 is 0 Å². The topological polar surface area (TPSA) is 28.2 Å². The molecule has 174 valence electrons. The van der Waals surface area contributed by atoms with Gasteiger partial charge in [0.2, 0.25) is 0 Å². The molecule has 0 radical (unpaired) electrons. The van der Waals surface area contributed by atoms with Crippen LogP contribution in [0.1, 0.15) is 122 Å². The molecule has 1 aromatic heterocycles. The highest BCUT2D eigenvalue weighted by atomic mass is 15.1. The van der Waals surface area contributed by atoms with E-state index in [-0.39, 0.29) is 0 Å². The molecule has 0 spiro atoms. The summed E-state index contributed by atoms with van der Waals surface area (Å²) in [6, 6.07) is 4.41. The zero-order valence-electron chi connectivity index (χ0n) is 20.6. The SMILES string of the molecule is CCCCCCCCCCCCCCCCNCc1ccc(CN(CC)CC)nc1. The predicted molar refractivity (Wildman–Crippen MR) is 133 cm³/mol. The molecule has 1 heterocycles. The van der Waals surface area contributed by atoms with E-state index in [1.54, 1.807) is 0 Å². The number of nitrogens with one attached hydrogen (secondary N) is 1. The van der Waals surface area contributed by atoms with Crippen molar-refractivity contribution in [2.24, 2.45) is 0 Å². The summed E-state index contributed by atoms with van der Waals surface area (Å²) >= 11 is 0. The molecule has 0 bridgehead atoms. The first-order chi connectivity index (χ1) is 14.8. The number of unbranched alkanes of at least 4 members (excludes halogenated alkanes) is 13. The number of aromatic nitrogens is 1. The van der Waals surface area contributed by atoms with Gasteiger partial charge in [0.25, 0.3) is 0 Å². The summed E-state index contributed by atoms with van der Waals surface area (Å²) in [6.07, 6.45) is 22.0. The molecule has 3 heteroatoms. The van der Waals surface area contributed by atoms with E-state index in [2.05, 4.69) is 48.1 Å². The average molecular weight is 418 g/mol. The second-order valence-electron chi connectivity index (χ2n) is 8.89. The Hall–Kier alpha value is -0.930. The normalized spacial score (nSPS) is 11.5. The van der Waals surface area contributed by atoms with Crippen LogP contribution in [0.25, 0.3) is 0 Å². The molecule has 1 aromatic rings. The van der Waals surface area contributed by atoms with Crippen molar-refractivity contribution in [1.29, 1.82) is 0 Å². The lowest BCUT2D eigenvalue weighted by atomic mass is 10.0. The molecule has 1 N–H and O–H groups in total. The van der Waals surface area contributed by atoms with Gasteiger partial charge in [0.15, 0.2) is 0 Å². The van der Waals surface area contributed by atoms with Crippen LogP contribution in [0.5, 0.6) is 0 Å². The van der Waals surface area contributed by atoms with Gasteiger partial charge in [-0.3, -0.25) is 9.88 Å². The Balaban J connectivity index is 1.87. The fraction of sp³-hybridized carbons (Fsp3) is 0.815. The summed E-state index contributed by atoms with van der Waals surface area (Å²) in [7, 11) is 0. The monoisotopic (exact) mass is 417 g/mol. The molecule has 1 rings (SSSR count). The summed E-state index contributed by atoms with van der Waals surface area (Å²) in [6.45, 7) is 11.9. The van der Waals surface area contributed by atoms with Gasteiger partial charge in [-0.05, 0) is 37.7 Å². The second kappa shape index (κ2) is 20.0. The van der Waals surface area contributed by atoms with Gasteiger partial charge in [-0.1, -0.05) is 110 Å². The average Bonchev–Trinajstić information content (AvgIpc) is 2.78. The van der Waals surface area contributed by atoms with Crippen molar-refractivity contribution in [3.05, 3.63) is 29.6 Å². The molecule has 0 aliphatic rings. The highest BCUT2D eigenvalue weighted by Gasteiger charge is 2.02. The van der Waals surface area contributed by atoms with Crippen LogP contribution in [0.4, 0.5) is 0 Å². The van der Waals surface area contributed by atoms with Gasteiger partial charge in [-0.15, -0.1) is 0 Å². The molecule has 3 nitrogen and oxygen atoms in total. The van der Waals surface area contributed by atoms with Crippen LogP contribution in [-0.2, 0) is 13.1 Å². The molecular formula is C27H51N3. The van der Waals surface area contributed by atoms with E-state index in [0.717, 1.165) is 32.7 Å². The Morgan fingerprint density at radius 3 is 1.70 bits per heavy atom. The Kier molecular flexibility index (Phi) is 18.1. The van der Waals surface area contributed by atoms with Gasteiger partial charge in [0.05, 0.1) is 5.69 Å². The van der Waals surface area contributed by atoms with Crippen molar-refractivity contribution in [1.82, 2.24) is 15.2 Å². The fourth-order valence-electron chi connectivity index (χ4n) is 4.01. The Morgan fingerprint density at radius 1 is 0.700 bits per heavy atom. The van der Waals surface area contributed by atoms with Crippen LogP contribution in [-0.4, -0.2) is 29.5 Å². The highest BCUT2D eigenvalue weighted by molar-refractivity contribution is 5.13. The largest absolute Gasteiger partial charge is 0.313 e. The summed E-state index contributed by atoms with van der Waals surface area (Å²) in [5, 5.41) is 3.58. The smallest absolute Gasteiger partial charge is 0.0544 e. The molecule has 0 aromatic carbocycles. The van der Waals surface area contributed by atoms with E-state index in [9.17, 15) is 0 Å². The predicted octanol–water partition coefficient (Wildman–Crippen LogP) is 7.49. The van der Waals surface area contributed by atoms with E-state index >= 15 is 0 Å². The fourth-order valence-corrected chi connectivity index (χ4v) is 4.01. The quantitative estimate of drug-likeness (QED) is 0.210. The van der Waals surface area contributed by atoms with Crippen molar-refractivity contribution < 1.29 is 0 Å². The standard InChI is InChI=1S/C27H51N3/c1-4-7-8-9-10-11-12-13-14-15-16-17-18-19-22-28-23-26-20-21-27(29-24-26)25-30(5-2)6-3/h20-21,24,28H,4-19,22-23,25H2,1-3H3. The van der Waals surface area contributed by atoms with Crippen molar-refractivity contribution in [2.75, 3.05) is 19.6 Å². The second-order valence-corrected chi connectivity index (χ2v) is 8.89. The van der Waals surface area contributed by atoms with Crippen LogP contribution in [0.15, 0.2) is 18.3 Å². The van der Waals surface area contributed by atoms with Crippen LogP contribution >= 0.6 is 0 Å². The molecule has 0 fully saturated rings. The molecule has 0 amide bonds. The summed E-state index contributed by atoms with van der Waals surface area (Å²) in [5.74, 6) is 0. The van der Waals surface area contributed by atoms with Gasteiger partial charge < -0.3 is 5.32 Å². The molecule has 0 atom stereocenters.